The predicted molar refractivity (Wildman–Crippen MR) is 165 cm³/mol. The number of anilines is 2. The molecule has 14 heteroatoms. The lowest BCUT2D eigenvalue weighted by Gasteiger charge is -2.32. The summed E-state index contributed by atoms with van der Waals surface area (Å²) in [5.41, 5.74) is 5.02. The number of rotatable bonds is 9. The van der Waals surface area contributed by atoms with Crippen molar-refractivity contribution >= 4 is 52.2 Å². The number of amides is 3. The van der Waals surface area contributed by atoms with Crippen molar-refractivity contribution in [1.29, 1.82) is 0 Å². The Morgan fingerprint density at radius 2 is 1.80 bits per heavy atom. The maximum Gasteiger partial charge on any atom is 0.416 e. The monoisotopic (exact) mass is 663 g/mol. The molecule has 1 saturated carbocycles. The van der Waals surface area contributed by atoms with Crippen LogP contribution < -0.4 is 21.3 Å². The fraction of sp³-hybridized carbons (Fsp3) is 0.419. The van der Waals surface area contributed by atoms with E-state index in [4.69, 9.17) is 22.1 Å². The minimum atomic E-state index is -4.73. The summed E-state index contributed by atoms with van der Waals surface area (Å²) in [6.45, 7) is 0.693. The number of hydrogen-bond acceptors (Lipinski definition) is 7. The first-order chi connectivity index (χ1) is 21.5. The number of alkyl halides is 3. The average Bonchev–Trinajstić information content (AvgIpc) is 3.69. The zero-order chi connectivity index (χ0) is 32.1. The summed E-state index contributed by atoms with van der Waals surface area (Å²) in [4.78, 5) is 42.1. The smallest absolute Gasteiger partial charge is 0.395 e. The lowest BCUT2D eigenvalue weighted by Crippen LogP contribution is -2.45. The van der Waals surface area contributed by atoms with Crippen LogP contribution >= 0.6 is 23.1 Å². The average molecular weight is 664 g/mol. The topological polar surface area (TPSA) is 127 Å². The first-order valence-corrected chi connectivity index (χ1v) is 15.9. The van der Waals surface area contributed by atoms with Crippen molar-refractivity contribution < 1.29 is 32.3 Å². The number of carbonyl (C=O) groups excluding carboxylic acids is 3. The van der Waals surface area contributed by atoms with Crippen molar-refractivity contribution in [2.45, 2.75) is 69.3 Å². The van der Waals surface area contributed by atoms with E-state index in [0.29, 0.717) is 23.2 Å². The van der Waals surface area contributed by atoms with Gasteiger partial charge in [-0.1, -0.05) is 49.1 Å². The molecule has 2 aromatic carbocycles. The Kier molecular flexibility index (Phi) is 10.3. The summed E-state index contributed by atoms with van der Waals surface area (Å²) >= 11 is 6.75. The van der Waals surface area contributed by atoms with E-state index < -0.39 is 35.5 Å². The fourth-order valence-electron chi connectivity index (χ4n) is 5.62. The Balaban J connectivity index is 1.55. The van der Waals surface area contributed by atoms with Gasteiger partial charge in [0.05, 0.1) is 17.4 Å². The van der Waals surface area contributed by atoms with Gasteiger partial charge in [-0.25, -0.2) is 0 Å². The number of benzene rings is 2. The quantitative estimate of drug-likeness (QED) is 0.252. The molecule has 4 N–H and O–H groups in total. The molecular weight excluding hydrogens is 631 g/mol. The molecule has 2 unspecified atom stereocenters. The minimum absolute atomic E-state index is 0.0464. The number of halogens is 4. The van der Waals surface area contributed by atoms with Crippen LogP contribution in [0.1, 0.15) is 82.3 Å². The van der Waals surface area contributed by atoms with Crippen LogP contribution in [-0.4, -0.2) is 47.4 Å². The summed E-state index contributed by atoms with van der Waals surface area (Å²) in [7, 11) is 0. The van der Waals surface area contributed by atoms with E-state index in [1.54, 1.807) is 0 Å². The summed E-state index contributed by atoms with van der Waals surface area (Å²) < 4.78 is 51.3. The number of nitrogen functional groups attached to an aromatic ring is 1. The maximum absolute atomic E-state index is 14.4. The fourth-order valence-corrected chi connectivity index (χ4v) is 6.48. The van der Waals surface area contributed by atoms with Gasteiger partial charge in [-0.3, -0.25) is 19.3 Å². The number of nitrogens with one attached hydrogen (secondary N) is 2. The van der Waals surface area contributed by atoms with Gasteiger partial charge in [0.25, 0.3) is 11.8 Å². The minimum Gasteiger partial charge on any atom is -0.395 e. The summed E-state index contributed by atoms with van der Waals surface area (Å²) in [5, 5.41) is 6.07. The number of aromatic nitrogens is 1. The van der Waals surface area contributed by atoms with Gasteiger partial charge in [0.2, 0.25) is 5.91 Å². The van der Waals surface area contributed by atoms with Crippen molar-refractivity contribution in [2.24, 2.45) is 0 Å². The van der Waals surface area contributed by atoms with Crippen LogP contribution in [0.3, 0.4) is 0 Å². The molecule has 45 heavy (non-hydrogen) atoms. The highest BCUT2D eigenvalue weighted by atomic mass is 35.5. The van der Waals surface area contributed by atoms with Gasteiger partial charge in [0, 0.05) is 29.9 Å². The number of ether oxygens (including phenoxy) is 1. The van der Waals surface area contributed by atoms with Gasteiger partial charge in [0.1, 0.15) is 10.9 Å². The molecule has 3 amide bonds. The highest BCUT2D eigenvalue weighted by Crippen LogP contribution is 2.37. The van der Waals surface area contributed by atoms with Crippen LogP contribution in [0, 0.1) is 0 Å². The number of nitrogens with two attached hydrogens (primary N) is 1. The Labute approximate surface area is 267 Å². The zero-order valence-electron chi connectivity index (χ0n) is 24.2. The summed E-state index contributed by atoms with van der Waals surface area (Å²) in [6, 6.07) is 8.70. The van der Waals surface area contributed by atoms with Crippen molar-refractivity contribution in [3.8, 4) is 0 Å². The van der Waals surface area contributed by atoms with E-state index in [1.807, 2.05) is 0 Å². The molecule has 2 aliphatic rings. The van der Waals surface area contributed by atoms with Gasteiger partial charge in [-0.15, -0.1) is 0 Å². The zero-order valence-corrected chi connectivity index (χ0v) is 25.8. The van der Waals surface area contributed by atoms with E-state index in [-0.39, 0.29) is 46.2 Å². The van der Waals surface area contributed by atoms with Crippen LogP contribution in [0.15, 0.2) is 48.5 Å². The second kappa shape index (κ2) is 14.2. The molecule has 0 radical (unpaired) electrons. The van der Waals surface area contributed by atoms with E-state index >= 15 is 0 Å². The first-order valence-electron chi connectivity index (χ1n) is 14.7. The first kappa shape index (κ1) is 32.7. The second-order valence-corrected chi connectivity index (χ2v) is 12.3. The Hall–Kier alpha value is -3.68. The summed E-state index contributed by atoms with van der Waals surface area (Å²) in [5.74, 6) is -2.09. The van der Waals surface area contributed by atoms with Crippen LogP contribution in [0.25, 0.3) is 0 Å². The third kappa shape index (κ3) is 7.77. The maximum atomic E-state index is 14.4. The standard InChI is InChI=1S/C31H33ClF3N5O4S/c32-20-13-11-18(12-14-20)26(29(42)37-17-23-10-5-15-44-23)40(22-9-4-6-19(16-22)31(33,34)35)30(43)27-24(36)25(39-45-27)28(41)38-21-7-2-1-3-8-21/h4,6,9,11-14,16,21,23,26H,1-3,5,7-8,10,15,17,36H2,(H,37,42)(H,38,41). The Morgan fingerprint density at radius 1 is 1.07 bits per heavy atom. The molecule has 1 saturated heterocycles. The van der Waals surface area contributed by atoms with Gasteiger partial charge in [0.15, 0.2) is 5.69 Å². The van der Waals surface area contributed by atoms with Crippen molar-refractivity contribution in [1.82, 2.24) is 15.0 Å². The molecule has 2 atom stereocenters. The molecule has 0 bridgehead atoms. The Morgan fingerprint density at radius 3 is 2.47 bits per heavy atom. The molecule has 1 aromatic heterocycles. The van der Waals surface area contributed by atoms with Crippen LogP contribution in [0.2, 0.25) is 5.02 Å². The third-order valence-electron chi connectivity index (χ3n) is 7.97. The lowest BCUT2D eigenvalue weighted by molar-refractivity contribution is -0.137. The summed E-state index contributed by atoms with van der Waals surface area (Å²) in [6.07, 6.45) is 1.27. The number of carbonyl (C=O) groups is 3. The van der Waals surface area contributed by atoms with Gasteiger partial charge >= 0.3 is 6.18 Å². The molecule has 5 rings (SSSR count). The van der Waals surface area contributed by atoms with Crippen LogP contribution in [-0.2, 0) is 15.7 Å². The van der Waals surface area contributed by atoms with E-state index in [1.165, 1.54) is 30.3 Å². The lowest BCUT2D eigenvalue weighted by atomic mass is 9.95. The van der Waals surface area contributed by atoms with Crippen molar-refractivity contribution in [2.75, 3.05) is 23.8 Å². The molecule has 3 aromatic rings. The second-order valence-electron chi connectivity index (χ2n) is 11.1. The molecule has 240 valence electrons. The van der Waals surface area contributed by atoms with Gasteiger partial charge in [-0.2, -0.15) is 17.5 Å². The molecule has 1 aliphatic carbocycles. The van der Waals surface area contributed by atoms with Gasteiger partial charge < -0.3 is 21.1 Å². The molecule has 2 heterocycles. The van der Waals surface area contributed by atoms with Crippen molar-refractivity contribution in [3.05, 3.63) is 75.3 Å². The van der Waals surface area contributed by atoms with Crippen molar-refractivity contribution in [3.63, 3.8) is 0 Å². The van der Waals surface area contributed by atoms with Crippen LogP contribution in [0.5, 0.6) is 0 Å². The van der Waals surface area contributed by atoms with E-state index in [2.05, 4.69) is 15.0 Å². The number of nitrogens with zero attached hydrogens (tertiary/aromatic N) is 2. The molecule has 1 aliphatic heterocycles. The highest BCUT2D eigenvalue weighted by molar-refractivity contribution is 7.09. The van der Waals surface area contributed by atoms with Crippen LogP contribution in [0.4, 0.5) is 24.5 Å². The van der Waals surface area contributed by atoms with E-state index in [9.17, 15) is 27.6 Å². The highest BCUT2D eigenvalue weighted by Gasteiger charge is 2.38. The third-order valence-corrected chi connectivity index (χ3v) is 9.07. The van der Waals surface area contributed by atoms with E-state index in [0.717, 1.165) is 68.0 Å². The Bertz CT molecular complexity index is 1520. The normalized spacial score (nSPS) is 17.9. The number of hydrogen-bond donors (Lipinski definition) is 3. The SMILES string of the molecule is Nc1c(C(=O)NC2CCCCC2)nsc1C(=O)N(c1cccc(C(F)(F)F)c1)C(C(=O)NCC1CCCO1)c1ccc(Cl)cc1. The van der Waals surface area contributed by atoms with Gasteiger partial charge in [-0.05, 0) is 73.1 Å². The largest absolute Gasteiger partial charge is 0.416 e. The molecule has 9 nitrogen and oxygen atoms in total. The molecule has 2 fully saturated rings. The molecular formula is C31H33ClF3N5O4S. The molecule has 0 spiro atoms. The predicted octanol–water partition coefficient (Wildman–Crippen LogP) is 6.14.